The minimum Gasteiger partial charge on any atom is -0.464 e. The molecule has 0 spiro atoms. The van der Waals surface area contributed by atoms with Gasteiger partial charge in [0, 0.05) is 24.9 Å². The summed E-state index contributed by atoms with van der Waals surface area (Å²) >= 11 is 0. The van der Waals surface area contributed by atoms with E-state index in [1.807, 2.05) is 0 Å². The van der Waals surface area contributed by atoms with Gasteiger partial charge in [-0.25, -0.2) is 4.79 Å². The lowest BCUT2D eigenvalue weighted by Crippen LogP contribution is -2.53. The van der Waals surface area contributed by atoms with E-state index in [4.69, 9.17) is 4.74 Å². The molecule has 86 valence electrons. The second kappa shape index (κ2) is 3.76. The summed E-state index contributed by atoms with van der Waals surface area (Å²) in [6.07, 6.45) is 3.23. The average molecular weight is 213 g/mol. The van der Waals surface area contributed by atoms with Crippen LogP contribution in [0.3, 0.4) is 0 Å². The van der Waals surface area contributed by atoms with Crippen molar-refractivity contribution in [3.05, 3.63) is 0 Å². The van der Waals surface area contributed by atoms with Crippen LogP contribution in [-0.2, 0) is 9.53 Å². The first kappa shape index (κ1) is 10.9. The first-order chi connectivity index (χ1) is 7.07. The highest BCUT2D eigenvalue weighted by molar-refractivity contribution is 5.79. The molecule has 2 fully saturated rings. The molecule has 2 rings (SSSR count). The standard InChI is InChI=1S/C11H19NO3/c1-3-15-10(13)11(14)6-8-4-5-9(7-11)12(8)2/h8-9,14H,3-7H2,1-2H3. The normalized spacial score (nSPS) is 40.5. The van der Waals surface area contributed by atoms with Crippen LogP contribution in [0, 0.1) is 0 Å². The maximum Gasteiger partial charge on any atom is 0.338 e. The van der Waals surface area contributed by atoms with Crippen molar-refractivity contribution in [3.8, 4) is 0 Å². The molecular formula is C11H19NO3. The Bertz CT molecular complexity index is 253. The van der Waals surface area contributed by atoms with Gasteiger partial charge in [0.2, 0.25) is 0 Å². The van der Waals surface area contributed by atoms with Gasteiger partial charge < -0.3 is 14.7 Å². The molecule has 2 saturated heterocycles. The van der Waals surface area contributed by atoms with Crippen molar-refractivity contribution < 1.29 is 14.6 Å². The van der Waals surface area contributed by atoms with Gasteiger partial charge in [-0.1, -0.05) is 0 Å². The molecule has 4 heteroatoms. The Morgan fingerprint density at radius 3 is 2.47 bits per heavy atom. The Balaban J connectivity index is 2.09. The van der Waals surface area contributed by atoms with Gasteiger partial charge in [0.15, 0.2) is 5.60 Å². The largest absolute Gasteiger partial charge is 0.464 e. The van der Waals surface area contributed by atoms with E-state index < -0.39 is 11.6 Å². The third kappa shape index (κ3) is 1.76. The predicted molar refractivity (Wildman–Crippen MR) is 55.4 cm³/mol. The lowest BCUT2D eigenvalue weighted by molar-refractivity contribution is -0.172. The summed E-state index contributed by atoms with van der Waals surface area (Å²) in [6.45, 7) is 2.11. The molecule has 2 aliphatic rings. The number of esters is 1. The first-order valence-corrected chi connectivity index (χ1v) is 5.68. The SMILES string of the molecule is CCOC(=O)C1(O)CC2CCC(C1)N2C. The first-order valence-electron chi connectivity index (χ1n) is 5.68. The predicted octanol–water partition coefficient (Wildman–Crippen LogP) is 0.537. The van der Waals surface area contributed by atoms with Crippen LogP contribution >= 0.6 is 0 Å². The van der Waals surface area contributed by atoms with Gasteiger partial charge in [0.05, 0.1) is 6.61 Å². The Morgan fingerprint density at radius 1 is 1.47 bits per heavy atom. The minimum absolute atomic E-state index is 0.340. The van der Waals surface area contributed by atoms with Gasteiger partial charge in [-0.05, 0) is 26.8 Å². The van der Waals surface area contributed by atoms with Gasteiger partial charge in [-0.2, -0.15) is 0 Å². The Labute approximate surface area is 90.2 Å². The molecule has 0 aromatic rings. The quantitative estimate of drug-likeness (QED) is 0.680. The van der Waals surface area contributed by atoms with Crippen LogP contribution < -0.4 is 0 Å². The van der Waals surface area contributed by atoms with Crippen LogP contribution in [0.4, 0.5) is 0 Å². The van der Waals surface area contributed by atoms with Crippen molar-refractivity contribution in [2.75, 3.05) is 13.7 Å². The molecule has 2 atom stereocenters. The van der Waals surface area contributed by atoms with Gasteiger partial charge in [-0.15, -0.1) is 0 Å². The number of hydrogen-bond acceptors (Lipinski definition) is 4. The molecule has 0 saturated carbocycles. The smallest absolute Gasteiger partial charge is 0.338 e. The van der Waals surface area contributed by atoms with Crippen molar-refractivity contribution in [3.63, 3.8) is 0 Å². The molecule has 15 heavy (non-hydrogen) atoms. The van der Waals surface area contributed by atoms with Crippen molar-refractivity contribution in [1.29, 1.82) is 0 Å². The number of hydrogen-bond donors (Lipinski definition) is 1. The number of rotatable bonds is 2. The number of fused-ring (bicyclic) bond motifs is 2. The monoisotopic (exact) mass is 213 g/mol. The summed E-state index contributed by atoms with van der Waals surface area (Å²) in [6, 6.07) is 0.691. The molecule has 2 bridgehead atoms. The van der Waals surface area contributed by atoms with Gasteiger partial charge >= 0.3 is 5.97 Å². The molecular weight excluding hydrogens is 194 g/mol. The zero-order valence-electron chi connectivity index (χ0n) is 9.40. The summed E-state index contributed by atoms with van der Waals surface area (Å²) in [4.78, 5) is 13.9. The number of carbonyl (C=O) groups excluding carboxylic acids is 1. The van der Waals surface area contributed by atoms with Crippen molar-refractivity contribution in [1.82, 2.24) is 4.90 Å². The van der Waals surface area contributed by atoms with E-state index in [-0.39, 0.29) is 0 Å². The summed E-state index contributed by atoms with van der Waals surface area (Å²) in [7, 11) is 2.08. The zero-order valence-corrected chi connectivity index (χ0v) is 9.40. The van der Waals surface area contributed by atoms with E-state index in [2.05, 4.69) is 11.9 Å². The highest BCUT2D eigenvalue weighted by Crippen LogP contribution is 2.40. The highest BCUT2D eigenvalue weighted by atomic mass is 16.5. The molecule has 2 unspecified atom stereocenters. The zero-order chi connectivity index (χ0) is 11.1. The molecule has 1 N–H and O–H groups in total. The van der Waals surface area contributed by atoms with Crippen molar-refractivity contribution in [2.45, 2.75) is 50.3 Å². The molecule has 4 nitrogen and oxygen atoms in total. The number of aliphatic hydroxyl groups is 1. The molecule has 0 radical (unpaired) electrons. The Hall–Kier alpha value is -0.610. The van der Waals surface area contributed by atoms with Gasteiger partial charge in [0.25, 0.3) is 0 Å². The van der Waals surface area contributed by atoms with E-state index in [0.29, 0.717) is 31.5 Å². The van der Waals surface area contributed by atoms with Crippen LogP contribution in [0.5, 0.6) is 0 Å². The fourth-order valence-electron chi connectivity index (χ4n) is 2.88. The summed E-state index contributed by atoms with van der Waals surface area (Å²) in [5, 5.41) is 10.3. The molecule has 2 heterocycles. The third-order valence-electron chi connectivity index (χ3n) is 3.79. The minimum atomic E-state index is -1.23. The van der Waals surface area contributed by atoms with E-state index in [0.717, 1.165) is 12.8 Å². The van der Waals surface area contributed by atoms with Gasteiger partial charge in [-0.3, -0.25) is 0 Å². The molecule has 0 aromatic heterocycles. The molecule has 0 aromatic carbocycles. The average Bonchev–Trinajstić information content (AvgIpc) is 2.43. The Morgan fingerprint density at radius 2 is 2.00 bits per heavy atom. The molecule has 0 aliphatic carbocycles. The topological polar surface area (TPSA) is 49.8 Å². The van der Waals surface area contributed by atoms with Crippen LogP contribution in [0.2, 0.25) is 0 Å². The van der Waals surface area contributed by atoms with E-state index in [1.165, 1.54) is 0 Å². The molecule has 0 amide bonds. The number of piperidine rings is 1. The van der Waals surface area contributed by atoms with E-state index in [9.17, 15) is 9.90 Å². The maximum absolute atomic E-state index is 11.7. The molecule has 2 aliphatic heterocycles. The number of ether oxygens (including phenoxy) is 1. The van der Waals surface area contributed by atoms with Crippen molar-refractivity contribution >= 4 is 5.97 Å². The van der Waals surface area contributed by atoms with E-state index in [1.54, 1.807) is 6.92 Å². The lowest BCUT2D eigenvalue weighted by atomic mass is 9.86. The number of nitrogens with zero attached hydrogens (tertiary/aromatic N) is 1. The number of carbonyl (C=O) groups is 1. The third-order valence-corrected chi connectivity index (χ3v) is 3.79. The van der Waals surface area contributed by atoms with Crippen LogP contribution in [-0.4, -0.2) is 47.3 Å². The summed E-state index contributed by atoms with van der Waals surface area (Å²) < 4.78 is 4.94. The second-order valence-electron chi connectivity index (χ2n) is 4.71. The van der Waals surface area contributed by atoms with Gasteiger partial charge in [0.1, 0.15) is 0 Å². The summed E-state index contributed by atoms with van der Waals surface area (Å²) in [5.74, 6) is -0.435. The van der Waals surface area contributed by atoms with Crippen LogP contribution in [0.1, 0.15) is 32.6 Å². The Kier molecular flexibility index (Phi) is 2.73. The van der Waals surface area contributed by atoms with Crippen molar-refractivity contribution in [2.24, 2.45) is 0 Å². The second-order valence-corrected chi connectivity index (χ2v) is 4.71. The van der Waals surface area contributed by atoms with Crippen LogP contribution in [0.15, 0.2) is 0 Å². The maximum atomic E-state index is 11.7. The lowest BCUT2D eigenvalue weighted by Gasteiger charge is -2.40. The van der Waals surface area contributed by atoms with E-state index >= 15 is 0 Å². The van der Waals surface area contributed by atoms with Crippen LogP contribution in [0.25, 0.3) is 0 Å². The highest BCUT2D eigenvalue weighted by Gasteiger charge is 2.50. The fourth-order valence-corrected chi connectivity index (χ4v) is 2.88. The fraction of sp³-hybridized carbons (Fsp3) is 0.909. The summed E-state index contributed by atoms with van der Waals surface area (Å²) in [5.41, 5.74) is -1.23.